The third-order valence-corrected chi connectivity index (χ3v) is 6.09. The number of rotatable bonds is 10. The van der Waals surface area contributed by atoms with Crippen molar-refractivity contribution in [2.24, 2.45) is 5.92 Å². The summed E-state index contributed by atoms with van der Waals surface area (Å²) in [5, 5.41) is 10.9. The predicted octanol–water partition coefficient (Wildman–Crippen LogP) is 2.93. The van der Waals surface area contributed by atoms with E-state index in [1.165, 1.54) is 0 Å². The highest BCUT2D eigenvalue weighted by Crippen LogP contribution is 2.50. The number of hydrogen-bond donors (Lipinski definition) is 1. The van der Waals surface area contributed by atoms with Crippen LogP contribution >= 0.6 is 7.82 Å². The highest BCUT2D eigenvalue weighted by molar-refractivity contribution is 7.46. The molecule has 1 aliphatic carbocycles. The first kappa shape index (κ1) is 24.8. The van der Waals surface area contributed by atoms with Crippen molar-refractivity contribution in [1.82, 2.24) is 0 Å². The zero-order valence-corrected chi connectivity index (χ0v) is 19.2. The molecule has 9 heteroatoms. The van der Waals surface area contributed by atoms with E-state index in [0.29, 0.717) is 19.3 Å². The number of aliphatic hydroxyl groups is 1. The molecule has 7 atom stereocenters. The molecule has 1 aliphatic heterocycles. The molecule has 0 spiro atoms. The van der Waals surface area contributed by atoms with Crippen molar-refractivity contribution in [2.45, 2.75) is 103 Å². The van der Waals surface area contributed by atoms with Crippen LogP contribution in [0.5, 0.6) is 0 Å². The summed E-state index contributed by atoms with van der Waals surface area (Å²) in [5.74, 6) is 0.0122. The molecule has 1 N–H and O–H groups in total. The van der Waals surface area contributed by atoms with E-state index < -0.39 is 25.6 Å². The van der Waals surface area contributed by atoms with Gasteiger partial charge in [-0.2, -0.15) is 0 Å². The van der Waals surface area contributed by atoms with Crippen LogP contribution in [-0.4, -0.2) is 53.9 Å². The van der Waals surface area contributed by atoms with Crippen LogP contribution in [0.3, 0.4) is 0 Å². The van der Waals surface area contributed by atoms with Gasteiger partial charge >= 0.3 is 7.82 Å². The molecule has 0 radical (unpaired) electrons. The summed E-state index contributed by atoms with van der Waals surface area (Å²) in [4.78, 5) is 12.6. The van der Waals surface area contributed by atoms with Crippen LogP contribution in [0.25, 0.3) is 0 Å². The molecule has 0 amide bonds. The van der Waals surface area contributed by atoms with Gasteiger partial charge in [0, 0.05) is 6.42 Å². The second kappa shape index (κ2) is 9.77. The topological polar surface area (TPSA) is 107 Å². The Kier molecular flexibility index (Phi) is 8.36. The van der Waals surface area contributed by atoms with Gasteiger partial charge in [0.05, 0.1) is 37.1 Å². The lowest BCUT2D eigenvalue weighted by Crippen LogP contribution is -2.44. The molecule has 0 aromatic rings. The molecule has 2 aliphatic rings. The molecular formula is C20H36O8P-. The van der Waals surface area contributed by atoms with Gasteiger partial charge in [-0.3, -0.25) is 4.57 Å². The fourth-order valence-electron chi connectivity index (χ4n) is 3.98. The second-order valence-electron chi connectivity index (χ2n) is 8.93. The molecular weight excluding hydrogens is 399 g/mol. The predicted molar refractivity (Wildman–Crippen MR) is 106 cm³/mol. The molecule has 1 heterocycles. The van der Waals surface area contributed by atoms with Gasteiger partial charge < -0.3 is 33.3 Å². The van der Waals surface area contributed by atoms with E-state index in [9.17, 15) is 14.6 Å². The van der Waals surface area contributed by atoms with Crippen molar-refractivity contribution < 1.29 is 37.8 Å². The molecule has 8 nitrogen and oxygen atoms in total. The Labute approximate surface area is 174 Å². The molecule has 1 saturated heterocycles. The van der Waals surface area contributed by atoms with Crippen molar-refractivity contribution >= 4 is 7.82 Å². The van der Waals surface area contributed by atoms with Crippen LogP contribution in [-0.2, 0) is 27.8 Å². The maximum absolute atomic E-state index is 12.6. The van der Waals surface area contributed by atoms with Gasteiger partial charge in [-0.1, -0.05) is 13.5 Å². The third kappa shape index (κ3) is 7.03. The van der Waals surface area contributed by atoms with Crippen molar-refractivity contribution in [3.8, 4) is 0 Å². The van der Waals surface area contributed by atoms with Crippen LogP contribution in [0, 0.1) is 5.92 Å². The van der Waals surface area contributed by atoms with E-state index in [-0.39, 0.29) is 42.7 Å². The molecule has 3 unspecified atom stereocenters. The van der Waals surface area contributed by atoms with E-state index in [1.54, 1.807) is 0 Å². The Bertz CT molecular complexity index is 609. The van der Waals surface area contributed by atoms with Gasteiger partial charge in [0.2, 0.25) is 0 Å². The fourth-order valence-corrected chi connectivity index (χ4v) is 5.01. The lowest BCUT2D eigenvalue weighted by Gasteiger charge is -2.35. The van der Waals surface area contributed by atoms with Gasteiger partial charge in [0.1, 0.15) is 17.5 Å². The third-order valence-electron chi connectivity index (χ3n) is 5.11. The molecule has 0 bridgehead atoms. The molecule has 2 rings (SSSR count). The SMILES string of the molecule is C=C(OP(=O)([O-])OC1C[C@H](C)C[C@]1(O)COC(C)C)[C@H]1O[C@@H](C)CC1OC(C)C. The van der Waals surface area contributed by atoms with E-state index in [0.717, 1.165) is 0 Å². The zero-order valence-electron chi connectivity index (χ0n) is 18.3. The number of phosphoric ester groups is 1. The first-order valence-electron chi connectivity index (χ1n) is 10.3. The molecule has 170 valence electrons. The van der Waals surface area contributed by atoms with Gasteiger partial charge in [0.15, 0.2) is 0 Å². The Morgan fingerprint density at radius 3 is 2.52 bits per heavy atom. The highest BCUT2D eigenvalue weighted by atomic mass is 31.2. The molecule has 0 aromatic heterocycles. The Morgan fingerprint density at radius 1 is 1.28 bits per heavy atom. The lowest BCUT2D eigenvalue weighted by molar-refractivity contribution is -0.235. The van der Waals surface area contributed by atoms with Crippen LogP contribution in [0.2, 0.25) is 0 Å². The van der Waals surface area contributed by atoms with E-state index in [4.69, 9.17) is 23.3 Å². The van der Waals surface area contributed by atoms with Crippen LogP contribution < -0.4 is 4.89 Å². The molecule has 0 aromatic carbocycles. The monoisotopic (exact) mass is 435 g/mol. The van der Waals surface area contributed by atoms with Crippen molar-refractivity contribution in [2.75, 3.05) is 6.61 Å². The van der Waals surface area contributed by atoms with Crippen LogP contribution in [0.1, 0.15) is 60.8 Å². The summed E-state index contributed by atoms with van der Waals surface area (Å²) >= 11 is 0. The summed E-state index contributed by atoms with van der Waals surface area (Å²) in [6.07, 6.45) is -0.857. The summed E-state index contributed by atoms with van der Waals surface area (Å²) in [6.45, 7) is 15.0. The molecule has 29 heavy (non-hydrogen) atoms. The highest BCUT2D eigenvalue weighted by Gasteiger charge is 2.48. The van der Waals surface area contributed by atoms with Gasteiger partial charge in [-0.05, 0) is 53.4 Å². The summed E-state index contributed by atoms with van der Waals surface area (Å²) in [5.41, 5.74) is -1.39. The number of phosphoric acid groups is 1. The zero-order chi connectivity index (χ0) is 22.0. The standard InChI is InChI=1S/C20H37O8P/c1-12(2)24-11-20(21)10-14(5)8-18(20)28-29(22,23)27-16(7)19-17(25-13(3)4)9-15(6)26-19/h12-15,17-19,21H,7-11H2,1-6H3,(H,22,23)/p-1/t14-,15-,17?,18?,19+,20-/m0/s1. The van der Waals surface area contributed by atoms with Gasteiger partial charge in [-0.15, -0.1) is 0 Å². The van der Waals surface area contributed by atoms with Gasteiger partial charge in [-0.25, -0.2) is 0 Å². The normalized spacial score (nSPS) is 37.2. The van der Waals surface area contributed by atoms with E-state index in [2.05, 4.69) is 6.58 Å². The summed E-state index contributed by atoms with van der Waals surface area (Å²) in [6, 6.07) is 0. The Balaban J connectivity index is 2.02. The first-order valence-corrected chi connectivity index (χ1v) is 11.8. The summed E-state index contributed by atoms with van der Waals surface area (Å²) < 4.78 is 40.1. The largest absolute Gasteiger partial charge is 0.746 e. The van der Waals surface area contributed by atoms with Crippen molar-refractivity contribution in [3.05, 3.63) is 12.3 Å². The average Bonchev–Trinajstić information content (AvgIpc) is 3.03. The minimum Gasteiger partial charge on any atom is -0.746 e. The number of ether oxygens (including phenoxy) is 3. The lowest BCUT2D eigenvalue weighted by atomic mass is 10.0. The maximum Gasteiger partial charge on any atom is 0.319 e. The maximum atomic E-state index is 12.6. The quantitative estimate of drug-likeness (QED) is 0.412. The van der Waals surface area contributed by atoms with E-state index >= 15 is 0 Å². The van der Waals surface area contributed by atoms with Crippen molar-refractivity contribution in [1.29, 1.82) is 0 Å². The smallest absolute Gasteiger partial charge is 0.319 e. The van der Waals surface area contributed by atoms with Gasteiger partial charge in [0.25, 0.3) is 0 Å². The first-order chi connectivity index (χ1) is 13.3. The number of hydrogen-bond acceptors (Lipinski definition) is 8. The average molecular weight is 435 g/mol. The second-order valence-corrected chi connectivity index (χ2v) is 10.2. The van der Waals surface area contributed by atoms with Crippen LogP contribution in [0.15, 0.2) is 12.3 Å². The molecule has 2 fully saturated rings. The summed E-state index contributed by atoms with van der Waals surface area (Å²) in [7, 11) is -4.79. The Morgan fingerprint density at radius 2 is 1.93 bits per heavy atom. The minimum absolute atomic E-state index is 0.00578. The minimum atomic E-state index is -4.79. The van der Waals surface area contributed by atoms with E-state index in [1.807, 2.05) is 41.5 Å². The van der Waals surface area contributed by atoms with Crippen LogP contribution in [0.4, 0.5) is 0 Å². The van der Waals surface area contributed by atoms with Crippen molar-refractivity contribution in [3.63, 3.8) is 0 Å². The Hall–Kier alpha value is -0.470. The molecule has 1 saturated carbocycles. The fraction of sp³-hybridized carbons (Fsp3) is 0.900.